The van der Waals surface area contributed by atoms with Crippen LogP contribution in [-0.4, -0.2) is 18.1 Å². The molecular weight excluding hydrogens is 318 g/mol. The summed E-state index contributed by atoms with van der Waals surface area (Å²) in [7, 11) is 0. The second kappa shape index (κ2) is 6.55. The van der Waals surface area contributed by atoms with E-state index in [1.807, 2.05) is 39.0 Å². The predicted octanol–water partition coefficient (Wildman–Crippen LogP) is 3.53. The lowest BCUT2D eigenvalue weighted by Gasteiger charge is -2.19. The molecule has 18 heavy (non-hydrogen) atoms. The molecule has 1 N–H and O–H groups in total. The first-order valence-electron chi connectivity index (χ1n) is 5.64. The predicted molar refractivity (Wildman–Crippen MR) is 76.7 cm³/mol. The van der Waals surface area contributed by atoms with Gasteiger partial charge in [-0.2, -0.15) is 0 Å². The van der Waals surface area contributed by atoms with Crippen LogP contribution in [0.2, 0.25) is 5.02 Å². The summed E-state index contributed by atoms with van der Waals surface area (Å²) in [5.41, 5.74) is 0.575. The van der Waals surface area contributed by atoms with Crippen molar-refractivity contribution >= 4 is 33.5 Å². The molecule has 0 fully saturated rings. The number of carbonyl (C=O) groups is 1. The Bertz CT molecular complexity index is 429. The van der Waals surface area contributed by atoms with Crippen LogP contribution < -0.4 is 5.32 Å². The first-order chi connectivity index (χ1) is 8.28. The minimum Gasteiger partial charge on any atom is -0.459 e. The summed E-state index contributed by atoms with van der Waals surface area (Å²) in [6.45, 7) is 6.30. The minimum atomic E-state index is -0.445. The van der Waals surface area contributed by atoms with Crippen molar-refractivity contribution in [2.45, 2.75) is 32.9 Å². The Morgan fingerprint density at radius 1 is 1.44 bits per heavy atom. The van der Waals surface area contributed by atoms with Crippen LogP contribution in [0.15, 0.2) is 22.7 Å². The van der Waals surface area contributed by atoms with Gasteiger partial charge in [-0.15, -0.1) is 0 Å². The molecule has 0 atom stereocenters. The van der Waals surface area contributed by atoms with Crippen LogP contribution in [0, 0.1) is 0 Å². The van der Waals surface area contributed by atoms with Crippen molar-refractivity contribution in [3.63, 3.8) is 0 Å². The van der Waals surface area contributed by atoms with Crippen molar-refractivity contribution in [1.29, 1.82) is 0 Å². The number of benzene rings is 1. The lowest BCUT2D eigenvalue weighted by molar-refractivity contribution is -0.153. The van der Waals surface area contributed by atoms with Gasteiger partial charge in [0, 0.05) is 11.0 Å². The van der Waals surface area contributed by atoms with Gasteiger partial charge in [0.05, 0.1) is 11.6 Å². The number of carbonyl (C=O) groups excluding carboxylic acids is 1. The minimum absolute atomic E-state index is 0.185. The summed E-state index contributed by atoms with van der Waals surface area (Å²) in [4.78, 5) is 11.5. The third kappa shape index (κ3) is 5.85. The quantitative estimate of drug-likeness (QED) is 0.856. The topological polar surface area (TPSA) is 38.3 Å². The van der Waals surface area contributed by atoms with E-state index < -0.39 is 5.60 Å². The van der Waals surface area contributed by atoms with Crippen LogP contribution in [0.25, 0.3) is 0 Å². The van der Waals surface area contributed by atoms with Crippen molar-refractivity contribution < 1.29 is 9.53 Å². The summed E-state index contributed by atoms with van der Waals surface area (Å²) >= 11 is 9.30. The molecule has 0 aliphatic rings. The van der Waals surface area contributed by atoms with Gasteiger partial charge in [0.15, 0.2) is 0 Å². The van der Waals surface area contributed by atoms with Gasteiger partial charge >= 0.3 is 5.97 Å². The largest absolute Gasteiger partial charge is 0.459 e. The molecule has 0 spiro atoms. The second-order valence-corrected chi connectivity index (χ2v) is 6.20. The highest BCUT2D eigenvalue weighted by Gasteiger charge is 2.15. The van der Waals surface area contributed by atoms with E-state index in [1.165, 1.54) is 0 Å². The van der Waals surface area contributed by atoms with Crippen molar-refractivity contribution in [3.05, 3.63) is 33.3 Å². The van der Waals surface area contributed by atoms with Crippen LogP contribution in [-0.2, 0) is 16.1 Å². The van der Waals surface area contributed by atoms with E-state index in [4.69, 9.17) is 16.3 Å². The van der Waals surface area contributed by atoms with Gasteiger partial charge < -0.3 is 10.1 Å². The summed E-state index contributed by atoms with van der Waals surface area (Å²) in [6.07, 6.45) is 0. The van der Waals surface area contributed by atoms with Crippen LogP contribution in [0.4, 0.5) is 0 Å². The van der Waals surface area contributed by atoms with E-state index in [2.05, 4.69) is 21.2 Å². The van der Waals surface area contributed by atoms with E-state index in [0.29, 0.717) is 11.6 Å². The van der Waals surface area contributed by atoms with Crippen LogP contribution in [0.3, 0.4) is 0 Å². The van der Waals surface area contributed by atoms with Crippen LogP contribution in [0.1, 0.15) is 26.3 Å². The normalized spacial score (nSPS) is 11.4. The maximum atomic E-state index is 11.5. The Morgan fingerprint density at radius 3 is 2.67 bits per heavy atom. The number of hydrogen-bond acceptors (Lipinski definition) is 3. The molecule has 100 valence electrons. The molecule has 0 saturated carbocycles. The highest BCUT2D eigenvalue weighted by molar-refractivity contribution is 9.10. The molecule has 5 heteroatoms. The second-order valence-electron chi connectivity index (χ2n) is 4.94. The molecular formula is C13H17BrClNO2. The number of ether oxygens (including phenoxy) is 1. The molecule has 0 bridgehead atoms. The fourth-order valence-electron chi connectivity index (χ4n) is 1.34. The molecule has 3 nitrogen and oxygen atoms in total. The average Bonchev–Trinajstić information content (AvgIpc) is 2.20. The number of esters is 1. The van der Waals surface area contributed by atoms with Crippen molar-refractivity contribution in [2.75, 3.05) is 6.54 Å². The zero-order chi connectivity index (χ0) is 13.8. The fourth-order valence-corrected chi connectivity index (χ4v) is 1.79. The van der Waals surface area contributed by atoms with E-state index >= 15 is 0 Å². The van der Waals surface area contributed by atoms with Gasteiger partial charge in [-0.3, -0.25) is 4.79 Å². The molecule has 1 rings (SSSR count). The molecule has 1 aromatic rings. The van der Waals surface area contributed by atoms with Gasteiger partial charge in [-0.05, 0) is 54.4 Å². The standard InChI is InChI=1S/C13H17BrClNO2/c1-13(2,3)18-12(17)8-16-7-9-4-5-10(14)11(15)6-9/h4-6,16H,7-8H2,1-3H3. The van der Waals surface area contributed by atoms with E-state index in [1.54, 1.807) is 0 Å². The van der Waals surface area contributed by atoms with E-state index in [9.17, 15) is 4.79 Å². The lowest BCUT2D eigenvalue weighted by atomic mass is 10.2. The molecule has 0 saturated heterocycles. The SMILES string of the molecule is CC(C)(C)OC(=O)CNCc1ccc(Br)c(Cl)c1. The van der Waals surface area contributed by atoms with Gasteiger partial charge in [-0.1, -0.05) is 17.7 Å². The average molecular weight is 335 g/mol. The zero-order valence-corrected chi connectivity index (χ0v) is 13.1. The third-order valence-electron chi connectivity index (χ3n) is 2.00. The summed E-state index contributed by atoms with van der Waals surface area (Å²) < 4.78 is 6.04. The molecule has 0 aliphatic heterocycles. The maximum absolute atomic E-state index is 11.5. The number of rotatable bonds is 4. The molecule has 0 aromatic heterocycles. The third-order valence-corrected chi connectivity index (χ3v) is 3.23. The van der Waals surface area contributed by atoms with E-state index in [0.717, 1.165) is 10.0 Å². The summed E-state index contributed by atoms with van der Waals surface area (Å²) in [5, 5.41) is 3.68. The van der Waals surface area contributed by atoms with Crippen molar-refractivity contribution in [1.82, 2.24) is 5.32 Å². The number of hydrogen-bond donors (Lipinski definition) is 1. The maximum Gasteiger partial charge on any atom is 0.320 e. The molecule has 0 unspecified atom stereocenters. The Morgan fingerprint density at radius 2 is 2.11 bits per heavy atom. The highest BCUT2D eigenvalue weighted by Crippen LogP contribution is 2.23. The smallest absolute Gasteiger partial charge is 0.320 e. The van der Waals surface area contributed by atoms with E-state index in [-0.39, 0.29) is 12.5 Å². The van der Waals surface area contributed by atoms with Crippen molar-refractivity contribution in [3.8, 4) is 0 Å². The number of nitrogens with one attached hydrogen (secondary N) is 1. The molecule has 0 radical (unpaired) electrons. The summed E-state index contributed by atoms with van der Waals surface area (Å²) in [6, 6.07) is 5.68. The summed E-state index contributed by atoms with van der Waals surface area (Å²) in [5.74, 6) is -0.259. The Kier molecular flexibility index (Phi) is 5.63. The molecule has 1 aromatic carbocycles. The van der Waals surface area contributed by atoms with Crippen LogP contribution >= 0.6 is 27.5 Å². The van der Waals surface area contributed by atoms with Gasteiger partial charge in [-0.25, -0.2) is 0 Å². The molecule has 0 aliphatic carbocycles. The lowest BCUT2D eigenvalue weighted by Crippen LogP contribution is -2.31. The molecule has 0 amide bonds. The Balaban J connectivity index is 2.38. The van der Waals surface area contributed by atoms with Gasteiger partial charge in [0.2, 0.25) is 0 Å². The van der Waals surface area contributed by atoms with Gasteiger partial charge in [0.25, 0.3) is 0 Å². The highest BCUT2D eigenvalue weighted by atomic mass is 79.9. The zero-order valence-electron chi connectivity index (χ0n) is 10.7. The molecule has 0 heterocycles. The first-order valence-corrected chi connectivity index (χ1v) is 6.81. The van der Waals surface area contributed by atoms with Gasteiger partial charge in [0.1, 0.15) is 5.60 Å². The fraction of sp³-hybridized carbons (Fsp3) is 0.462. The Hall–Kier alpha value is -0.580. The van der Waals surface area contributed by atoms with Crippen molar-refractivity contribution in [2.24, 2.45) is 0 Å². The Labute approximate surface area is 121 Å². The first kappa shape index (κ1) is 15.5. The van der Waals surface area contributed by atoms with Crippen LogP contribution in [0.5, 0.6) is 0 Å². The monoisotopic (exact) mass is 333 g/mol. The number of halogens is 2.